The van der Waals surface area contributed by atoms with Crippen LogP contribution in [0.5, 0.6) is 0 Å². The third kappa shape index (κ3) is 4.61. The highest BCUT2D eigenvalue weighted by Gasteiger charge is 2.29. The molecule has 3 N–H and O–H groups in total. The SMILES string of the molecule is CCOC(=O)CCNC(=O)C(C)(CC)CN. The number of ether oxygens (including phenoxy) is 1. The Kier molecular flexibility index (Phi) is 6.72. The average Bonchev–Trinajstić information content (AvgIpc) is 2.28. The van der Waals surface area contributed by atoms with Crippen molar-refractivity contribution in [2.75, 3.05) is 19.7 Å². The molecule has 0 fully saturated rings. The molecule has 1 amide bonds. The van der Waals surface area contributed by atoms with E-state index in [0.29, 0.717) is 26.1 Å². The summed E-state index contributed by atoms with van der Waals surface area (Å²) in [6.07, 6.45) is 0.874. The lowest BCUT2D eigenvalue weighted by atomic mass is 9.87. The average molecular weight is 230 g/mol. The first-order valence-corrected chi connectivity index (χ1v) is 5.64. The lowest BCUT2D eigenvalue weighted by molar-refractivity contribution is -0.143. The molecule has 0 aliphatic heterocycles. The van der Waals surface area contributed by atoms with E-state index in [4.69, 9.17) is 10.5 Å². The van der Waals surface area contributed by atoms with Gasteiger partial charge in [0.05, 0.1) is 18.4 Å². The minimum Gasteiger partial charge on any atom is -0.466 e. The van der Waals surface area contributed by atoms with Crippen molar-refractivity contribution in [1.82, 2.24) is 5.32 Å². The van der Waals surface area contributed by atoms with Crippen LogP contribution < -0.4 is 11.1 Å². The van der Waals surface area contributed by atoms with Gasteiger partial charge in [0.2, 0.25) is 5.91 Å². The van der Waals surface area contributed by atoms with Gasteiger partial charge in [0.1, 0.15) is 0 Å². The van der Waals surface area contributed by atoms with Crippen molar-refractivity contribution in [3.8, 4) is 0 Å². The quantitative estimate of drug-likeness (QED) is 0.621. The fourth-order valence-electron chi connectivity index (χ4n) is 1.12. The second-order valence-corrected chi connectivity index (χ2v) is 3.93. The standard InChI is InChI=1S/C11H22N2O3/c1-4-11(3,8-12)10(15)13-7-6-9(14)16-5-2/h4-8,12H2,1-3H3,(H,13,15). The highest BCUT2D eigenvalue weighted by molar-refractivity contribution is 5.82. The van der Waals surface area contributed by atoms with Crippen LogP contribution in [0, 0.1) is 5.41 Å². The Morgan fingerprint density at radius 2 is 2.00 bits per heavy atom. The maximum absolute atomic E-state index is 11.7. The summed E-state index contributed by atoms with van der Waals surface area (Å²) < 4.78 is 4.75. The minimum atomic E-state index is -0.547. The Morgan fingerprint density at radius 3 is 2.44 bits per heavy atom. The van der Waals surface area contributed by atoms with Crippen molar-refractivity contribution in [3.05, 3.63) is 0 Å². The molecule has 0 rings (SSSR count). The first-order valence-electron chi connectivity index (χ1n) is 5.64. The van der Waals surface area contributed by atoms with Gasteiger partial charge in [-0.15, -0.1) is 0 Å². The molecule has 0 aromatic carbocycles. The number of hydrogen-bond donors (Lipinski definition) is 2. The van der Waals surface area contributed by atoms with Crippen molar-refractivity contribution in [2.24, 2.45) is 11.1 Å². The third-order valence-electron chi connectivity index (χ3n) is 2.70. The summed E-state index contributed by atoms with van der Waals surface area (Å²) >= 11 is 0. The van der Waals surface area contributed by atoms with Gasteiger partial charge >= 0.3 is 5.97 Å². The number of carbonyl (C=O) groups excluding carboxylic acids is 2. The number of carbonyl (C=O) groups is 2. The van der Waals surface area contributed by atoms with Gasteiger partial charge in [0, 0.05) is 13.1 Å². The molecule has 94 valence electrons. The smallest absolute Gasteiger partial charge is 0.307 e. The summed E-state index contributed by atoms with van der Waals surface area (Å²) in [5.41, 5.74) is 5.00. The molecular weight excluding hydrogens is 208 g/mol. The number of esters is 1. The largest absolute Gasteiger partial charge is 0.466 e. The predicted octanol–water partition coefficient (Wildman–Crippen LogP) is 0.431. The molecule has 0 aliphatic rings. The van der Waals surface area contributed by atoms with Crippen molar-refractivity contribution in [3.63, 3.8) is 0 Å². The van der Waals surface area contributed by atoms with Crippen molar-refractivity contribution >= 4 is 11.9 Å². The van der Waals surface area contributed by atoms with Gasteiger partial charge in [-0.05, 0) is 20.3 Å². The number of nitrogens with one attached hydrogen (secondary N) is 1. The summed E-state index contributed by atoms with van der Waals surface area (Å²) in [6, 6.07) is 0. The van der Waals surface area contributed by atoms with E-state index in [2.05, 4.69) is 5.32 Å². The summed E-state index contributed by atoms with van der Waals surface area (Å²) in [5.74, 6) is -0.407. The minimum absolute atomic E-state index is 0.109. The monoisotopic (exact) mass is 230 g/mol. The lowest BCUT2D eigenvalue weighted by Gasteiger charge is -2.24. The van der Waals surface area contributed by atoms with Crippen LogP contribution in [0.3, 0.4) is 0 Å². The summed E-state index contributed by atoms with van der Waals surface area (Å²) in [7, 11) is 0. The van der Waals surface area contributed by atoms with Gasteiger partial charge in [0.25, 0.3) is 0 Å². The first kappa shape index (κ1) is 14.9. The maximum Gasteiger partial charge on any atom is 0.307 e. The van der Waals surface area contributed by atoms with Gasteiger partial charge < -0.3 is 15.8 Å². The van der Waals surface area contributed by atoms with Crippen LogP contribution in [0.25, 0.3) is 0 Å². The highest BCUT2D eigenvalue weighted by atomic mass is 16.5. The number of hydrogen-bond acceptors (Lipinski definition) is 4. The fraction of sp³-hybridized carbons (Fsp3) is 0.818. The van der Waals surface area contributed by atoms with Gasteiger partial charge in [-0.1, -0.05) is 6.92 Å². The molecule has 0 saturated heterocycles. The van der Waals surface area contributed by atoms with E-state index >= 15 is 0 Å². The molecule has 5 heteroatoms. The van der Waals surface area contributed by atoms with Gasteiger partial charge in [0.15, 0.2) is 0 Å². The van der Waals surface area contributed by atoms with Crippen LogP contribution in [0.15, 0.2) is 0 Å². The molecular formula is C11H22N2O3. The Labute approximate surface area is 96.7 Å². The Hall–Kier alpha value is -1.10. The van der Waals surface area contributed by atoms with E-state index in [9.17, 15) is 9.59 Å². The van der Waals surface area contributed by atoms with Crippen LogP contribution in [0.2, 0.25) is 0 Å². The summed E-state index contributed by atoms with van der Waals surface area (Å²) in [6.45, 7) is 6.44. The molecule has 0 aromatic heterocycles. The molecule has 0 heterocycles. The molecule has 0 spiro atoms. The van der Waals surface area contributed by atoms with Crippen LogP contribution in [-0.2, 0) is 14.3 Å². The van der Waals surface area contributed by atoms with Crippen LogP contribution in [-0.4, -0.2) is 31.6 Å². The molecule has 16 heavy (non-hydrogen) atoms. The maximum atomic E-state index is 11.7. The van der Waals surface area contributed by atoms with Gasteiger partial charge in [-0.3, -0.25) is 9.59 Å². The van der Waals surface area contributed by atoms with Crippen molar-refractivity contribution in [2.45, 2.75) is 33.6 Å². The molecule has 0 bridgehead atoms. The van der Waals surface area contributed by atoms with Crippen LogP contribution >= 0.6 is 0 Å². The fourth-order valence-corrected chi connectivity index (χ4v) is 1.12. The zero-order valence-corrected chi connectivity index (χ0v) is 10.3. The zero-order valence-electron chi connectivity index (χ0n) is 10.3. The normalized spacial score (nSPS) is 14.0. The van der Waals surface area contributed by atoms with E-state index in [0.717, 1.165) is 0 Å². The van der Waals surface area contributed by atoms with Crippen molar-refractivity contribution < 1.29 is 14.3 Å². The summed E-state index contributed by atoms with van der Waals surface area (Å²) in [4.78, 5) is 22.7. The predicted molar refractivity (Wildman–Crippen MR) is 61.7 cm³/mol. The lowest BCUT2D eigenvalue weighted by Crippen LogP contribution is -2.44. The Morgan fingerprint density at radius 1 is 1.38 bits per heavy atom. The molecule has 0 radical (unpaired) electrons. The highest BCUT2D eigenvalue weighted by Crippen LogP contribution is 2.18. The van der Waals surface area contributed by atoms with Crippen molar-refractivity contribution in [1.29, 1.82) is 0 Å². The topological polar surface area (TPSA) is 81.4 Å². The second kappa shape index (κ2) is 7.22. The first-order chi connectivity index (χ1) is 7.50. The van der Waals surface area contributed by atoms with E-state index in [1.165, 1.54) is 0 Å². The Balaban J connectivity index is 3.94. The molecule has 5 nitrogen and oxygen atoms in total. The molecule has 0 saturated carbocycles. The zero-order chi connectivity index (χ0) is 12.6. The second-order valence-electron chi connectivity index (χ2n) is 3.93. The van der Waals surface area contributed by atoms with Crippen LogP contribution in [0.1, 0.15) is 33.6 Å². The van der Waals surface area contributed by atoms with Crippen LogP contribution in [0.4, 0.5) is 0 Å². The van der Waals surface area contributed by atoms with Gasteiger partial charge in [-0.2, -0.15) is 0 Å². The number of nitrogens with two attached hydrogens (primary N) is 1. The van der Waals surface area contributed by atoms with Gasteiger partial charge in [-0.25, -0.2) is 0 Å². The number of amides is 1. The molecule has 1 unspecified atom stereocenters. The van der Waals surface area contributed by atoms with E-state index in [1.54, 1.807) is 6.92 Å². The Bertz CT molecular complexity index is 237. The van der Waals surface area contributed by atoms with E-state index in [-0.39, 0.29) is 18.3 Å². The molecule has 0 aromatic rings. The van der Waals surface area contributed by atoms with E-state index < -0.39 is 5.41 Å². The summed E-state index contributed by atoms with van der Waals surface area (Å²) in [5, 5.41) is 2.69. The molecule has 0 aliphatic carbocycles. The molecule has 1 atom stereocenters. The number of rotatable bonds is 7. The van der Waals surface area contributed by atoms with E-state index in [1.807, 2.05) is 13.8 Å². The third-order valence-corrected chi connectivity index (χ3v) is 2.70.